The van der Waals surface area contributed by atoms with Crippen molar-refractivity contribution >= 4 is 5.78 Å². The third-order valence-corrected chi connectivity index (χ3v) is 2.88. The molecule has 4 heteroatoms. The molecule has 0 atom stereocenters. The highest BCUT2D eigenvalue weighted by Crippen LogP contribution is 2.12. The van der Waals surface area contributed by atoms with E-state index in [-0.39, 0.29) is 5.78 Å². The Morgan fingerprint density at radius 3 is 2.60 bits per heavy atom. The van der Waals surface area contributed by atoms with E-state index >= 15 is 0 Å². The molecule has 1 N–H and O–H groups in total. The Morgan fingerprint density at radius 1 is 1.15 bits per heavy atom. The summed E-state index contributed by atoms with van der Waals surface area (Å²) in [7, 11) is 0. The Balaban J connectivity index is 1.84. The standard InChI is InChI=1S/C16H17NO3/c18-11-15(19)8-6-14-7-9-16(10-17-14)20-12-13-4-2-1-3-5-13/h1-5,7,9-10,18H,6,8,11-12H2. The molecule has 0 saturated carbocycles. The molecule has 104 valence electrons. The minimum absolute atomic E-state index is 0.170. The molecule has 1 aromatic heterocycles. The van der Waals surface area contributed by atoms with Crippen molar-refractivity contribution in [2.75, 3.05) is 6.61 Å². The van der Waals surface area contributed by atoms with Gasteiger partial charge in [-0.3, -0.25) is 9.78 Å². The minimum atomic E-state index is -0.404. The molecule has 0 aliphatic heterocycles. The van der Waals surface area contributed by atoms with Crippen LogP contribution in [0.3, 0.4) is 0 Å². The van der Waals surface area contributed by atoms with Crippen LogP contribution in [0.25, 0.3) is 0 Å². The molecule has 0 radical (unpaired) electrons. The van der Waals surface area contributed by atoms with Crippen LogP contribution in [0.15, 0.2) is 48.7 Å². The van der Waals surface area contributed by atoms with Crippen LogP contribution in [0.2, 0.25) is 0 Å². The summed E-state index contributed by atoms with van der Waals surface area (Å²) in [6.07, 6.45) is 2.51. The number of hydrogen-bond acceptors (Lipinski definition) is 4. The fourth-order valence-corrected chi connectivity index (χ4v) is 1.73. The lowest BCUT2D eigenvalue weighted by Crippen LogP contribution is -2.05. The summed E-state index contributed by atoms with van der Waals surface area (Å²) < 4.78 is 5.62. The minimum Gasteiger partial charge on any atom is -0.487 e. The first-order valence-corrected chi connectivity index (χ1v) is 6.52. The van der Waals surface area contributed by atoms with Gasteiger partial charge >= 0.3 is 0 Å². The average molecular weight is 271 g/mol. The van der Waals surface area contributed by atoms with Gasteiger partial charge in [-0.05, 0) is 24.1 Å². The highest BCUT2D eigenvalue weighted by Gasteiger charge is 2.02. The number of ketones is 1. The molecule has 20 heavy (non-hydrogen) atoms. The summed E-state index contributed by atoms with van der Waals surface area (Å²) in [6, 6.07) is 13.6. The van der Waals surface area contributed by atoms with Crippen molar-refractivity contribution < 1.29 is 14.6 Å². The summed E-state index contributed by atoms with van der Waals surface area (Å²) >= 11 is 0. The highest BCUT2D eigenvalue weighted by atomic mass is 16.5. The van der Waals surface area contributed by atoms with E-state index in [0.29, 0.717) is 25.2 Å². The number of pyridine rings is 1. The maximum atomic E-state index is 11.0. The molecule has 0 amide bonds. The first kappa shape index (κ1) is 14.2. The van der Waals surface area contributed by atoms with Crippen LogP contribution in [0.5, 0.6) is 5.75 Å². The lowest BCUT2D eigenvalue weighted by molar-refractivity contribution is -0.121. The first-order valence-electron chi connectivity index (χ1n) is 6.52. The molecule has 0 saturated heterocycles. The lowest BCUT2D eigenvalue weighted by atomic mass is 10.1. The molecule has 1 heterocycles. The molecular formula is C16H17NO3. The van der Waals surface area contributed by atoms with Gasteiger partial charge in [-0.25, -0.2) is 0 Å². The van der Waals surface area contributed by atoms with Crippen molar-refractivity contribution in [3.8, 4) is 5.75 Å². The number of carbonyl (C=O) groups is 1. The second kappa shape index (κ2) is 7.40. The van der Waals surface area contributed by atoms with Gasteiger partial charge in [0.15, 0.2) is 5.78 Å². The van der Waals surface area contributed by atoms with Crippen LogP contribution in [-0.2, 0) is 17.8 Å². The van der Waals surface area contributed by atoms with Gasteiger partial charge in [0, 0.05) is 12.1 Å². The van der Waals surface area contributed by atoms with E-state index in [1.54, 1.807) is 6.20 Å². The summed E-state index contributed by atoms with van der Waals surface area (Å²) in [5.74, 6) is 0.530. The summed E-state index contributed by atoms with van der Waals surface area (Å²) in [6.45, 7) is 0.100. The zero-order valence-corrected chi connectivity index (χ0v) is 11.2. The third-order valence-electron chi connectivity index (χ3n) is 2.88. The molecule has 4 nitrogen and oxygen atoms in total. The van der Waals surface area contributed by atoms with Crippen molar-refractivity contribution in [1.29, 1.82) is 0 Å². The predicted molar refractivity (Wildman–Crippen MR) is 75.4 cm³/mol. The van der Waals surface area contributed by atoms with E-state index in [2.05, 4.69) is 4.98 Å². The van der Waals surface area contributed by atoms with Crippen LogP contribution in [0.4, 0.5) is 0 Å². The molecule has 0 aliphatic rings. The van der Waals surface area contributed by atoms with Gasteiger partial charge in [0.1, 0.15) is 19.0 Å². The number of benzene rings is 1. The number of aliphatic hydroxyl groups excluding tert-OH is 1. The lowest BCUT2D eigenvalue weighted by Gasteiger charge is -2.06. The zero-order chi connectivity index (χ0) is 14.2. The first-order chi connectivity index (χ1) is 9.78. The molecule has 0 aliphatic carbocycles. The zero-order valence-electron chi connectivity index (χ0n) is 11.2. The van der Waals surface area contributed by atoms with Gasteiger partial charge < -0.3 is 9.84 Å². The number of ether oxygens (including phenoxy) is 1. The van der Waals surface area contributed by atoms with Gasteiger partial charge in [-0.1, -0.05) is 30.3 Å². The van der Waals surface area contributed by atoms with Crippen LogP contribution < -0.4 is 4.74 Å². The normalized spacial score (nSPS) is 10.2. The monoisotopic (exact) mass is 271 g/mol. The van der Waals surface area contributed by atoms with Crippen molar-refractivity contribution in [2.24, 2.45) is 0 Å². The molecule has 1 aromatic carbocycles. The van der Waals surface area contributed by atoms with Gasteiger partial charge in [0.05, 0.1) is 6.20 Å². The molecule has 2 rings (SSSR count). The Labute approximate surface area is 118 Å². The SMILES string of the molecule is O=C(CO)CCc1ccc(OCc2ccccc2)cn1. The fourth-order valence-electron chi connectivity index (χ4n) is 1.73. The molecule has 0 fully saturated rings. The van der Waals surface area contributed by atoms with Crippen LogP contribution in [0, 0.1) is 0 Å². The van der Waals surface area contributed by atoms with Crippen molar-refractivity contribution in [2.45, 2.75) is 19.4 Å². The van der Waals surface area contributed by atoms with Crippen LogP contribution in [0.1, 0.15) is 17.7 Å². The predicted octanol–water partition coefficient (Wildman–Crippen LogP) is 2.15. The summed E-state index contributed by atoms with van der Waals surface area (Å²) in [5, 5.41) is 8.65. The smallest absolute Gasteiger partial charge is 0.158 e. The second-order valence-electron chi connectivity index (χ2n) is 4.46. The summed E-state index contributed by atoms with van der Waals surface area (Å²) in [4.78, 5) is 15.2. The van der Waals surface area contributed by atoms with Crippen LogP contribution in [-0.4, -0.2) is 22.5 Å². The van der Waals surface area contributed by atoms with Crippen LogP contribution >= 0.6 is 0 Å². The van der Waals surface area contributed by atoms with E-state index in [1.165, 1.54) is 0 Å². The number of aryl methyl sites for hydroxylation is 1. The Kier molecular flexibility index (Phi) is 5.26. The number of rotatable bonds is 7. The fraction of sp³-hybridized carbons (Fsp3) is 0.250. The maximum absolute atomic E-state index is 11.0. The van der Waals surface area contributed by atoms with Gasteiger partial charge in [-0.15, -0.1) is 0 Å². The number of aliphatic hydroxyl groups is 1. The third kappa shape index (κ3) is 4.48. The van der Waals surface area contributed by atoms with E-state index in [9.17, 15) is 4.79 Å². The van der Waals surface area contributed by atoms with Gasteiger partial charge in [-0.2, -0.15) is 0 Å². The van der Waals surface area contributed by atoms with E-state index in [4.69, 9.17) is 9.84 Å². The topological polar surface area (TPSA) is 59.4 Å². The van der Waals surface area contributed by atoms with Crippen molar-refractivity contribution in [3.05, 3.63) is 59.9 Å². The van der Waals surface area contributed by atoms with Crippen molar-refractivity contribution in [1.82, 2.24) is 4.98 Å². The molecule has 0 spiro atoms. The maximum Gasteiger partial charge on any atom is 0.158 e. The molecule has 0 bridgehead atoms. The molecule has 2 aromatic rings. The second-order valence-corrected chi connectivity index (χ2v) is 4.46. The summed E-state index contributed by atoms with van der Waals surface area (Å²) in [5.41, 5.74) is 1.92. The van der Waals surface area contributed by atoms with E-state index in [1.807, 2.05) is 42.5 Å². The number of aromatic nitrogens is 1. The van der Waals surface area contributed by atoms with Gasteiger partial charge in [0.25, 0.3) is 0 Å². The highest BCUT2D eigenvalue weighted by molar-refractivity contribution is 5.79. The average Bonchev–Trinajstić information content (AvgIpc) is 2.52. The Bertz CT molecular complexity index is 537. The number of nitrogens with zero attached hydrogens (tertiary/aromatic N) is 1. The van der Waals surface area contributed by atoms with E-state index < -0.39 is 6.61 Å². The largest absolute Gasteiger partial charge is 0.487 e. The Hall–Kier alpha value is -2.20. The molecular weight excluding hydrogens is 254 g/mol. The van der Waals surface area contributed by atoms with E-state index in [0.717, 1.165) is 11.3 Å². The van der Waals surface area contributed by atoms with Gasteiger partial charge in [0.2, 0.25) is 0 Å². The van der Waals surface area contributed by atoms with Crippen molar-refractivity contribution in [3.63, 3.8) is 0 Å². The number of Topliss-reactive ketones (excluding diaryl/α,β-unsaturated/α-hetero) is 1. The number of carbonyl (C=O) groups excluding carboxylic acids is 1. The number of hydrogen-bond donors (Lipinski definition) is 1. The molecule has 0 unspecified atom stereocenters. The quantitative estimate of drug-likeness (QED) is 0.838. The Morgan fingerprint density at radius 2 is 1.95 bits per heavy atom.